The van der Waals surface area contributed by atoms with Crippen LogP contribution in [-0.4, -0.2) is 31.8 Å². The van der Waals surface area contributed by atoms with E-state index in [0.717, 1.165) is 10.5 Å². The monoisotopic (exact) mass is 265 g/mol. The lowest BCUT2D eigenvalue weighted by Gasteiger charge is -2.15. The van der Waals surface area contributed by atoms with Crippen molar-refractivity contribution in [2.45, 2.75) is 10.8 Å². The van der Waals surface area contributed by atoms with Gasteiger partial charge in [0.15, 0.2) is 0 Å². The van der Waals surface area contributed by atoms with Crippen molar-refractivity contribution >= 4 is 23.6 Å². The van der Waals surface area contributed by atoms with Crippen molar-refractivity contribution in [2.24, 2.45) is 5.92 Å². The van der Waals surface area contributed by atoms with E-state index in [1.165, 1.54) is 7.11 Å². The number of hydrogen-bond acceptors (Lipinski definition) is 4. The standard InChI is InChI=1S/C13H15NO3S/c1-17-13(16)11-10(7-14-12(11)15)8-3-5-9(18-2)6-4-8/h3-6,10-11H,7H2,1-2H3,(H,14,15)/t10-,11-/m0/s1. The average molecular weight is 265 g/mol. The molecule has 2 rings (SSSR count). The van der Waals surface area contributed by atoms with Gasteiger partial charge in [0, 0.05) is 17.4 Å². The molecule has 0 saturated carbocycles. The molecule has 18 heavy (non-hydrogen) atoms. The second kappa shape index (κ2) is 5.44. The molecule has 1 amide bonds. The molecule has 2 atom stereocenters. The lowest BCUT2D eigenvalue weighted by molar-refractivity contribution is -0.149. The van der Waals surface area contributed by atoms with Gasteiger partial charge in [0.25, 0.3) is 0 Å². The number of nitrogens with one attached hydrogen (secondary N) is 1. The Labute approximate surface area is 110 Å². The van der Waals surface area contributed by atoms with E-state index in [2.05, 4.69) is 5.32 Å². The highest BCUT2D eigenvalue weighted by Gasteiger charge is 2.41. The molecule has 1 saturated heterocycles. The van der Waals surface area contributed by atoms with Crippen LogP contribution in [-0.2, 0) is 14.3 Å². The van der Waals surface area contributed by atoms with E-state index in [1.807, 2.05) is 30.5 Å². The zero-order chi connectivity index (χ0) is 13.1. The van der Waals surface area contributed by atoms with Crippen molar-refractivity contribution in [1.29, 1.82) is 0 Å². The van der Waals surface area contributed by atoms with Gasteiger partial charge in [0.2, 0.25) is 5.91 Å². The summed E-state index contributed by atoms with van der Waals surface area (Å²) in [5.41, 5.74) is 0.988. The lowest BCUT2D eigenvalue weighted by atomic mass is 9.89. The van der Waals surface area contributed by atoms with Crippen molar-refractivity contribution in [3.63, 3.8) is 0 Å². The second-order valence-electron chi connectivity index (χ2n) is 4.13. The summed E-state index contributed by atoms with van der Waals surface area (Å²) in [5.74, 6) is -1.58. The van der Waals surface area contributed by atoms with E-state index >= 15 is 0 Å². The summed E-state index contributed by atoms with van der Waals surface area (Å²) >= 11 is 1.66. The molecule has 1 N–H and O–H groups in total. The van der Waals surface area contributed by atoms with Crippen molar-refractivity contribution in [2.75, 3.05) is 19.9 Å². The van der Waals surface area contributed by atoms with Crippen LogP contribution in [0.1, 0.15) is 11.5 Å². The summed E-state index contributed by atoms with van der Waals surface area (Å²) in [5, 5.41) is 2.72. The lowest BCUT2D eigenvalue weighted by Crippen LogP contribution is -2.28. The van der Waals surface area contributed by atoms with Crippen LogP contribution in [0, 0.1) is 5.92 Å². The number of hydrogen-bond donors (Lipinski definition) is 1. The first kappa shape index (κ1) is 13.0. The van der Waals surface area contributed by atoms with Gasteiger partial charge in [-0.15, -0.1) is 11.8 Å². The van der Waals surface area contributed by atoms with Crippen molar-refractivity contribution in [1.82, 2.24) is 5.32 Å². The minimum Gasteiger partial charge on any atom is -0.468 e. The maximum atomic E-state index is 11.7. The third-order valence-electron chi connectivity index (χ3n) is 3.18. The summed E-state index contributed by atoms with van der Waals surface area (Å²) in [7, 11) is 1.31. The largest absolute Gasteiger partial charge is 0.468 e. The smallest absolute Gasteiger partial charge is 0.318 e. The van der Waals surface area contributed by atoms with Crippen molar-refractivity contribution < 1.29 is 14.3 Å². The van der Waals surface area contributed by atoms with Crippen LogP contribution in [0.2, 0.25) is 0 Å². The molecule has 5 heteroatoms. The quantitative estimate of drug-likeness (QED) is 0.510. The van der Waals surface area contributed by atoms with Crippen LogP contribution >= 0.6 is 11.8 Å². The summed E-state index contributed by atoms with van der Waals surface area (Å²) in [6.45, 7) is 0.483. The van der Waals surface area contributed by atoms with Gasteiger partial charge >= 0.3 is 5.97 Å². The molecule has 1 aromatic rings. The topological polar surface area (TPSA) is 55.4 Å². The van der Waals surface area contributed by atoms with Crippen LogP contribution in [0.15, 0.2) is 29.2 Å². The predicted octanol–water partition coefficient (Wildman–Crippen LogP) is 1.41. The number of benzene rings is 1. The maximum Gasteiger partial charge on any atom is 0.318 e. The van der Waals surface area contributed by atoms with E-state index in [9.17, 15) is 9.59 Å². The highest BCUT2D eigenvalue weighted by atomic mass is 32.2. The Hall–Kier alpha value is -1.49. The Morgan fingerprint density at radius 3 is 2.61 bits per heavy atom. The van der Waals surface area contributed by atoms with Crippen LogP contribution in [0.4, 0.5) is 0 Å². The van der Waals surface area contributed by atoms with E-state index < -0.39 is 11.9 Å². The molecule has 1 heterocycles. The number of carbonyl (C=O) groups excluding carboxylic acids is 2. The number of thioether (sulfide) groups is 1. The molecule has 96 valence electrons. The summed E-state index contributed by atoms with van der Waals surface area (Å²) in [4.78, 5) is 24.5. The van der Waals surface area contributed by atoms with E-state index in [0.29, 0.717) is 6.54 Å². The van der Waals surface area contributed by atoms with Gasteiger partial charge in [0.05, 0.1) is 7.11 Å². The van der Waals surface area contributed by atoms with Gasteiger partial charge in [0.1, 0.15) is 5.92 Å². The normalized spacial score (nSPS) is 22.7. The fraction of sp³-hybridized carbons (Fsp3) is 0.385. The fourth-order valence-corrected chi connectivity index (χ4v) is 2.59. The molecule has 0 aromatic heterocycles. The van der Waals surface area contributed by atoms with Gasteiger partial charge < -0.3 is 10.1 Å². The van der Waals surface area contributed by atoms with Gasteiger partial charge in [-0.3, -0.25) is 9.59 Å². The fourth-order valence-electron chi connectivity index (χ4n) is 2.18. The first-order valence-corrected chi connectivity index (χ1v) is 6.89. The molecule has 0 radical (unpaired) electrons. The SMILES string of the molecule is COC(=O)[C@@H]1C(=O)NC[C@H]1c1ccc(SC)cc1. The molecule has 1 fully saturated rings. The van der Waals surface area contributed by atoms with Crippen LogP contribution in [0.25, 0.3) is 0 Å². The first-order chi connectivity index (χ1) is 8.67. The van der Waals surface area contributed by atoms with Crippen LogP contribution < -0.4 is 5.32 Å². The van der Waals surface area contributed by atoms with Gasteiger partial charge in [-0.1, -0.05) is 12.1 Å². The zero-order valence-corrected chi connectivity index (χ0v) is 11.1. The molecule has 0 unspecified atom stereocenters. The molecular formula is C13H15NO3S. The molecule has 0 bridgehead atoms. The number of carbonyl (C=O) groups is 2. The Morgan fingerprint density at radius 1 is 1.39 bits per heavy atom. The number of rotatable bonds is 3. The highest BCUT2D eigenvalue weighted by Crippen LogP contribution is 2.30. The number of amides is 1. The number of ether oxygens (including phenoxy) is 1. The molecule has 4 nitrogen and oxygen atoms in total. The van der Waals surface area contributed by atoms with E-state index in [4.69, 9.17) is 4.74 Å². The molecule has 0 aliphatic carbocycles. The van der Waals surface area contributed by atoms with Crippen molar-refractivity contribution in [3.05, 3.63) is 29.8 Å². The van der Waals surface area contributed by atoms with Gasteiger partial charge in [-0.05, 0) is 24.0 Å². The Morgan fingerprint density at radius 2 is 2.06 bits per heavy atom. The Bertz CT molecular complexity index is 458. The molecule has 1 aromatic carbocycles. The Kier molecular flexibility index (Phi) is 3.91. The maximum absolute atomic E-state index is 11.7. The molecule has 1 aliphatic heterocycles. The van der Waals surface area contributed by atoms with Gasteiger partial charge in [-0.2, -0.15) is 0 Å². The highest BCUT2D eigenvalue weighted by molar-refractivity contribution is 7.98. The predicted molar refractivity (Wildman–Crippen MR) is 69.5 cm³/mol. The molecule has 0 spiro atoms. The summed E-state index contributed by atoms with van der Waals surface area (Å²) in [6, 6.07) is 7.92. The number of methoxy groups -OCH3 is 1. The van der Waals surface area contributed by atoms with E-state index in [1.54, 1.807) is 11.8 Å². The minimum absolute atomic E-state index is 0.138. The zero-order valence-electron chi connectivity index (χ0n) is 10.3. The Balaban J connectivity index is 2.25. The second-order valence-corrected chi connectivity index (χ2v) is 5.01. The van der Waals surface area contributed by atoms with Crippen LogP contribution in [0.5, 0.6) is 0 Å². The molecule has 1 aliphatic rings. The average Bonchev–Trinajstić information content (AvgIpc) is 2.80. The first-order valence-electron chi connectivity index (χ1n) is 5.67. The van der Waals surface area contributed by atoms with Gasteiger partial charge in [-0.25, -0.2) is 0 Å². The summed E-state index contributed by atoms with van der Waals surface area (Å²) in [6.07, 6.45) is 2.01. The molecular weight excluding hydrogens is 250 g/mol. The summed E-state index contributed by atoms with van der Waals surface area (Å²) < 4.78 is 4.70. The third kappa shape index (κ3) is 2.36. The van der Waals surface area contributed by atoms with E-state index in [-0.39, 0.29) is 11.8 Å². The third-order valence-corrected chi connectivity index (χ3v) is 3.92. The minimum atomic E-state index is -0.727. The van der Waals surface area contributed by atoms with Crippen LogP contribution in [0.3, 0.4) is 0 Å². The number of esters is 1. The van der Waals surface area contributed by atoms with Crippen molar-refractivity contribution in [3.8, 4) is 0 Å².